The van der Waals surface area contributed by atoms with Crippen LogP contribution in [-0.4, -0.2) is 53.4 Å². The molecule has 11 heteroatoms. The number of alkyl halides is 3. The maximum absolute atomic E-state index is 13.8. The molecule has 2 atom stereocenters. The molecule has 0 spiro atoms. The third kappa shape index (κ3) is 5.92. The van der Waals surface area contributed by atoms with Gasteiger partial charge in [-0.25, -0.2) is 4.99 Å². The summed E-state index contributed by atoms with van der Waals surface area (Å²) in [5.74, 6) is -1.88. The molecule has 1 heterocycles. The van der Waals surface area contributed by atoms with Crippen LogP contribution >= 0.6 is 0 Å². The summed E-state index contributed by atoms with van der Waals surface area (Å²) in [6.45, 7) is 0. The normalized spacial score (nSPS) is 21.6. The molecule has 42 heavy (non-hydrogen) atoms. The number of aliphatic hydroxyl groups excluding tert-OH is 1. The van der Waals surface area contributed by atoms with E-state index in [0.717, 1.165) is 44.2 Å². The Morgan fingerprint density at radius 3 is 2.29 bits per heavy atom. The summed E-state index contributed by atoms with van der Waals surface area (Å²) < 4.78 is 39.7. The highest BCUT2D eigenvalue weighted by molar-refractivity contribution is 6.20. The number of hydrogen-bond acceptors (Lipinski definition) is 5. The van der Waals surface area contributed by atoms with E-state index in [1.165, 1.54) is 17.0 Å². The lowest BCUT2D eigenvalue weighted by Gasteiger charge is -2.33. The number of para-hydroxylation sites is 1. The summed E-state index contributed by atoms with van der Waals surface area (Å²) in [4.78, 5) is 46.5. The average Bonchev–Trinajstić information content (AvgIpc) is 3.44. The Balaban J connectivity index is 1.44. The molecule has 8 nitrogen and oxygen atoms in total. The molecule has 2 aromatic rings. The van der Waals surface area contributed by atoms with Gasteiger partial charge in [-0.1, -0.05) is 62.4 Å². The number of aliphatic hydroxyl groups is 1. The highest BCUT2D eigenvalue weighted by Gasteiger charge is 2.46. The molecule has 2 unspecified atom stereocenters. The van der Waals surface area contributed by atoms with E-state index in [1.807, 2.05) is 0 Å². The predicted molar refractivity (Wildman–Crippen MR) is 151 cm³/mol. The molecular weight excluding hydrogens is 549 g/mol. The van der Waals surface area contributed by atoms with Gasteiger partial charge in [0, 0.05) is 18.2 Å². The van der Waals surface area contributed by atoms with Crippen molar-refractivity contribution in [2.24, 2.45) is 10.9 Å². The van der Waals surface area contributed by atoms with Crippen LogP contribution in [0.2, 0.25) is 0 Å². The van der Waals surface area contributed by atoms with Crippen LogP contribution in [0.15, 0.2) is 53.5 Å². The zero-order chi connectivity index (χ0) is 30.1. The Hall–Kier alpha value is -3.73. The molecule has 5 rings (SSSR count). The minimum absolute atomic E-state index is 0.160. The van der Waals surface area contributed by atoms with Crippen molar-refractivity contribution in [1.82, 2.24) is 10.6 Å². The summed E-state index contributed by atoms with van der Waals surface area (Å²) in [5.41, 5.74) is -0.533. The van der Waals surface area contributed by atoms with Gasteiger partial charge in [-0.2, -0.15) is 13.2 Å². The quantitative estimate of drug-likeness (QED) is 0.470. The molecule has 2 fully saturated rings. The van der Waals surface area contributed by atoms with Crippen molar-refractivity contribution >= 4 is 29.1 Å². The Morgan fingerprint density at radius 1 is 1.00 bits per heavy atom. The highest BCUT2D eigenvalue weighted by atomic mass is 19.4. The molecule has 1 aliphatic heterocycles. The minimum atomic E-state index is -4.51. The first kappa shape index (κ1) is 29.8. The number of fused-ring (bicyclic) bond motifs is 1. The summed E-state index contributed by atoms with van der Waals surface area (Å²) in [5, 5.41) is 16.3. The van der Waals surface area contributed by atoms with E-state index in [4.69, 9.17) is 0 Å². The van der Waals surface area contributed by atoms with Gasteiger partial charge in [-0.05, 0) is 49.8 Å². The van der Waals surface area contributed by atoms with Crippen LogP contribution in [0.1, 0.15) is 74.5 Å². The first-order valence-electron chi connectivity index (χ1n) is 14.4. The van der Waals surface area contributed by atoms with Crippen molar-refractivity contribution in [3.8, 4) is 0 Å². The lowest BCUT2D eigenvalue weighted by molar-refractivity contribution is -0.140. The number of carbonyl (C=O) groups is 3. The number of nitrogens with zero attached hydrogens (tertiary/aromatic N) is 2. The van der Waals surface area contributed by atoms with Crippen molar-refractivity contribution in [2.45, 2.75) is 81.8 Å². The van der Waals surface area contributed by atoms with Crippen molar-refractivity contribution in [3.05, 3.63) is 65.2 Å². The van der Waals surface area contributed by atoms with Crippen molar-refractivity contribution in [1.29, 1.82) is 0 Å². The number of carbonyl (C=O) groups excluding carboxylic acids is 3. The van der Waals surface area contributed by atoms with Crippen molar-refractivity contribution < 1.29 is 32.7 Å². The van der Waals surface area contributed by atoms with Gasteiger partial charge in [0.15, 0.2) is 0 Å². The Kier molecular flexibility index (Phi) is 8.41. The lowest BCUT2D eigenvalue weighted by atomic mass is 9.84. The third-order valence-electron chi connectivity index (χ3n) is 8.72. The second-order valence-corrected chi connectivity index (χ2v) is 11.5. The SMILES string of the molecule is CN1C(=O)C(NC(=O)C2(NC(=O)C(O)C3CCCCC3)CCCC2)N=C(c2ccc(C(F)(F)F)cc2)c2ccccc21. The fourth-order valence-corrected chi connectivity index (χ4v) is 6.29. The molecule has 0 radical (unpaired) electrons. The number of anilines is 1. The van der Waals surface area contributed by atoms with Crippen molar-refractivity contribution in [3.63, 3.8) is 0 Å². The molecule has 224 valence electrons. The van der Waals surface area contributed by atoms with Crippen LogP contribution in [-0.2, 0) is 20.6 Å². The van der Waals surface area contributed by atoms with Gasteiger partial charge in [-0.15, -0.1) is 0 Å². The summed E-state index contributed by atoms with van der Waals surface area (Å²) in [6.07, 6.45) is -0.642. The van der Waals surface area contributed by atoms with Gasteiger partial charge in [0.1, 0.15) is 11.6 Å². The topological polar surface area (TPSA) is 111 Å². The number of nitrogens with one attached hydrogen (secondary N) is 2. The molecule has 0 saturated heterocycles. The second-order valence-electron chi connectivity index (χ2n) is 11.5. The summed E-state index contributed by atoms with van der Waals surface area (Å²) in [6, 6.07) is 11.4. The summed E-state index contributed by atoms with van der Waals surface area (Å²) >= 11 is 0. The average molecular weight is 585 g/mol. The van der Waals surface area contributed by atoms with E-state index in [1.54, 1.807) is 31.3 Å². The standard InChI is InChI=1S/C31H35F3N4O4/c1-38-23-12-6-5-11-22(23)24(19-13-15-21(16-14-19)31(32,33)34)35-26(28(38)41)36-29(42)30(17-7-8-18-30)37-27(40)25(39)20-9-3-2-4-10-20/h5-6,11-16,20,25-26,39H,2-4,7-10,17-18H2,1H3,(H,36,42)(H,37,40). The molecule has 3 N–H and O–H groups in total. The zero-order valence-electron chi connectivity index (χ0n) is 23.4. The third-order valence-corrected chi connectivity index (χ3v) is 8.72. The van der Waals surface area contributed by atoms with E-state index in [0.29, 0.717) is 42.5 Å². The van der Waals surface area contributed by atoms with Crippen LogP contribution in [0.25, 0.3) is 0 Å². The van der Waals surface area contributed by atoms with Gasteiger partial charge in [0.25, 0.3) is 5.91 Å². The first-order chi connectivity index (χ1) is 20.0. The van der Waals surface area contributed by atoms with E-state index < -0.39 is 47.3 Å². The van der Waals surface area contributed by atoms with E-state index in [2.05, 4.69) is 15.6 Å². The largest absolute Gasteiger partial charge is 0.416 e. The number of likely N-dealkylation sites (N-methyl/N-ethyl adjacent to an activating group) is 1. The number of halogens is 3. The molecule has 2 saturated carbocycles. The molecule has 0 bridgehead atoms. The van der Waals surface area contributed by atoms with Crippen LogP contribution in [0.3, 0.4) is 0 Å². The van der Waals surface area contributed by atoms with Crippen molar-refractivity contribution in [2.75, 3.05) is 11.9 Å². The molecular formula is C31H35F3N4O4. The lowest BCUT2D eigenvalue weighted by Crippen LogP contribution is -2.62. The Bertz CT molecular complexity index is 1360. The van der Waals surface area contributed by atoms with Crippen LogP contribution in [0, 0.1) is 5.92 Å². The second kappa shape index (κ2) is 11.9. The minimum Gasteiger partial charge on any atom is -0.383 e. The van der Waals surface area contributed by atoms with Gasteiger partial charge < -0.3 is 20.6 Å². The highest BCUT2D eigenvalue weighted by Crippen LogP contribution is 2.34. The molecule has 3 aliphatic rings. The number of benzene rings is 2. The monoisotopic (exact) mass is 584 g/mol. The van der Waals surface area contributed by atoms with E-state index in [-0.39, 0.29) is 11.6 Å². The molecule has 2 aliphatic carbocycles. The maximum Gasteiger partial charge on any atom is 0.416 e. The number of aliphatic imine (C=N–C) groups is 1. The van der Waals surface area contributed by atoms with Crippen LogP contribution < -0.4 is 15.5 Å². The Morgan fingerprint density at radius 2 is 1.64 bits per heavy atom. The fourth-order valence-electron chi connectivity index (χ4n) is 6.29. The number of benzodiazepines with no additional fused rings is 1. The van der Waals surface area contributed by atoms with E-state index in [9.17, 15) is 32.7 Å². The van der Waals surface area contributed by atoms with Gasteiger partial charge in [0.2, 0.25) is 18.0 Å². The Labute approximate surface area is 242 Å². The first-order valence-corrected chi connectivity index (χ1v) is 14.4. The number of amides is 3. The molecule has 2 aromatic carbocycles. The number of rotatable bonds is 6. The van der Waals surface area contributed by atoms with Crippen LogP contribution in [0.4, 0.5) is 18.9 Å². The molecule has 3 amide bonds. The van der Waals surface area contributed by atoms with Crippen LogP contribution in [0.5, 0.6) is 0 Å². The number of hydrogen-bond donors (Lipinski definition) is 3. The van der Waals surface area contributed by atoms with Gasteiger partial charge >= 0.3 is 6.18 Å². The maximum atomic E-state index is 13.8. The smallest absolute Gasteiger partial charge is 0.383 e. The predicted octanol–water partition coefficient (Wildman–Crippen LogP) is 4.33. The fraction of sp³-hybridized carbons (Fsp3) is 0.484. The molecule has 0 aromatic heterocycles. The van der Waals surface area contributed by atoms with E-state index >= 15 is 0 Å². The van der Waals surface area contributed by atoms with Gasteiger partial charge in [0.05, 0.1) is 17.0 Å². The summed E-state index contributed by atoms with van der Waals surface area (Å²) in [7, 11) is 1.54. The van der Waals surface area contributed by atoms with Gasteiger partial charge in [-0.3, -0.25) is 14.4 Å². The zero-order valence-corrected chi connectivity index (χ0v) is 23.4.